The zero-order valence-electron chi connectivity index (χ0n) is 14.5. The summed E-state index contributed by atoms with van der Waals surface area (Å²) in [4.78, 5) is 14.3. The standard InChI is InChI=1S/C19H23N3O3/c1-24-17-4-2-3-16(9-17)22-12-15(10-20-22)11-21-13-19(6-5-18(21)23)7-8-25-14-19/h2-4,9-10,12H,5-8,11,13-14H2,1H3/t19-/m0/s1. The summed E-state index contributed by atoms with van der Waals surface area (Å²) < 4.78 is 12.7. The van der Waals surface area contributed by atoms with Crippen molar-refractivity contribution >= 4 is 5.91 Å². The molecule has 2 aromatic rings. The van der Waals surface area contributed by atoms with Gasteiger partial charge in [-0.15, -0.1) is 0 Å². The van der Waals surface area contributed by atoms with E-state index in [-0.39, 0.29) is 11.3 Å². The van der Waals surface area contributed by atoms with E-state index in [1.165, 1.54) is 0 Å². The minimum Gasteiger partial charge on any atom is -0.497 e. The summed E-state index contributed by atoms with van der Waals surface area (Å²) in [5.41, 5.74) is 2.14. The largest absolute Gasteiger partial charge is 0.497 e. The zero-order valence-corrected chi connectivity index (χ0v) is 14.5. The van der Waals surface area contributed by atoms with Gasteiger partial charge in [0.25, 0.3) is 0 Å². The lowest BCUT2D eigenvalue weighted by molar-refractivity contribution is -0.138. The fourth-order valence-electron chi connectivity index (χ4n) is 3.77. The quantitative estimate of drug-likeness (QED) is 0.857. The van der Waals surface area contributed by atoms with Gasteiger partial charge in [-0.2, -0.15) is 5.10 Å². The van der Waals surface area contributed by atoms with Gasteiger partial charge >= 0.3 is 0 Å². The molecule has 1 aromatic heterocycles. The molecule has 0 aliphatic carbocycles. The van der Waals surface area contributed by atoms with Crippen molar-refractivity contribution in [2.75, 3.05) is 26.9 Å². The van der Waals surface area contributed by atoms with Crippen molar-refractivity contribution in [2.24, 2.45) is 5.41 Å². The number of amides is 1. The van der Waals surface area contributed by atoms with Crippen LogP contribution in [-0.4, -0.2) is 47.5 Å². The lowest BCUT2D eigenvalue weighted by Gasteiger charge is -2.39. The highest BCUT2D eigenvalue weighted by Crippen LogP contribution is 2.38. The first-order chi connectivity index (χ1) is 12.2. The average molecular weight is 341 g/mol. The van der Waals surface area contributed by atoms with Crippen molar-refractivity contribution < 1.29 is 14.3 Å². The highest BCUT2D eigenvalue weighted by atomic mass is 16.5. The van der Waals surface area contributed by atoms with Gasteiger partial charge in [-0.3, -0.25) is 4.79 Å². The molecule has 0 unspecified atom stereocenters. The number of carbonyl (C=O) groups is 1. The topological polar surface area (TPSA) is 56.6 Å². The second-order valence-corrected chi connectivity index (χ2v) is 7.05. The Hall–Kier alpha value is -2.34. The number of benzene rings is 1. The van der Waals surface area contributed by atoms with Crippen molar-refractivity contribution in [3.63, 3.8) is 0 Å². The molecule has 1 aromatic carbocycles. The summed E-state index contributed by atoms with van der Waals surface area (Å²) in [6.07, 6.45) is 6.44. The molecule has 25 heavy (non-hydrogen) atoms. The van der Waals surface area contributed by atoms with Crippen LogP contribution in [0.1, 0.15) is 24.8 Å². The molecule has 2 aliphatic heterocycles. The molecule has 2 aliphatic rings. The molecular formula is C19H23N3O3. The molecule has 6 nitrogen and oxygen atoms in total. The predicted molar refractivity (Wildman–Crippen MR) is 92.6 cm³/mol. The van der Waals surface area contributed by atoms with Gasteiger partial charge in [0.1, 0.15) is 5.75 Å². The number of nitrogens with zero attached hydrogens (tertiary/aromatic N) is 3. The molecule has 4 rings (SSSR count). The number of rotatable bonds is 4. The van der Waals surface area contributed by atoms with Crippen LogP contribution in [0, 0.1) is 5.41 Å². The van der Waals surface area contributed by atoms with Gasteiger partial charge in [-0.05, 0) is 25.0 Å². The van der Waals surface area contributed by atoms with E-state index in [2.05, 4.69) is 5.10 Å². The number of carbonyl (C=O) groups excluding carboxylic acids is 1. The van der Waals surface area contributed by atoms with Crippen LogP contribution in [0.3, 0.4) is 0 Å². The molecule has 1 spiro atoms. The number of likely N-dealkylation sites (tertiary alicyclic amines) is 1. The molecular weight excluding hydrogens is 318 g/mol. The highest BCUT2D eigenvalue weighted by Gasteiger charge is 2.41. The minimum absolute atomic E-state index is 0.163. The molecule has 2 fully saturated rings. The van der Waals surface area contributed by atoms with Crippen molar-refractivity contribution in [1.82, 2.24) is 14.7 Å². The molecule has 0 radical (unpaired) electrons. The van der Waals surface area contributed by atoms with E-state index in [4.69, 9.17) is 9.47 Å². The van der Waals surface area contributed by atoms with Crippen LogP contribution in [0.2, 0.25) is 0 Å². The van der Waals surface area contributed by atoms with Gasteiger partial charge in [0.15, 0.2) is 0 Å². The first-order valence-corrected chi connectivity index (χ1v) is 8.71. The number of hydrogen-bond acceptors (Lipinski definition) is 4. The first kappa shape index (κ1) is 16.1. The van der Waals surface area contributed by atoms with Gasteiger partial charge in [0.05, 0.1) is 25.6 Å². The van der Waals surface area contributed by atoms with Crippen molar-refractivity contribution in [2.45, 2.75) is 25.8 Å². The monoisotopic (exact) mass is 341 g/mol. The molecule has 2 saturated heterocycles. The Bertz CT molecular complexity index is 765. The van der Waals surface area contributed by atoms with Crippen LogP contribution >= 0.6 is 0 Å². The van der Waals surface area contributed by atoms with Crippen molar-refractivity contribution in [3.8, 4) is 11.4 Å². The van der Waals surface area contributed by atoms with E-state index in [0.29, 0.717) is 13.0 Å². The van der Waals surface area contributed by atoms with Crippen LogP contribution in [0.5, 0.6) is 5.75 Å². The van der Waals surface area contributed by atoms with E-state index in [0.717, 1.165) is 49.6 Å². The summed E-state index contributed by atoms with van der Waals surface area (Å²) in [5.74, 6) is 1.02. The summed E-state index contributed by atoms with van der Waals surface area (Å²) in [6, 6.07) is 7.76. The Morgan fingerprint density at radius 2 is 2.28 bits per heavy atom. The van der Waals surface area contributed by atoms with E-state index in [1.54, 1.807) is 7.11 Å². The summed E-state index contributed by atoms with van der Waals surface area (Å²) in [7, 11) is 1.65. The van der Waals surface area contributed by atoms with E-state index >= 15 is 0 Å². The number of methoxy groups -OCH3 is 1. The smallest absolute Gasteiger partial charge is 0.222 e. The molecule has 1 atom stereocenters. The lowest BCUT2D eigenvalue weighted by Crippen LogP contribution is -2.46. The van der Waals surface area contributed by atoms with Gasteiger partial charge in [-0.25, -0.2) is 4.68 Å². The van der Waals surface area contributed by atoms with Gasteiger partial charge in [0.2, 0.25) is 5.91 Å². The van der Waals surface area contributed by atoms with Gasteiger partial charge in [0, 0.05) is 49.4 Å². The summed E-state index contributed by atoms with van der Waals surface area (Å²) in [5, 5.41) is 4.44. The molecule has 0 bridgehead atoms. The third-order valence-electron chi connectivity index (χ3n) is 5.26. The van der Waals surface area contributed by atoms with E-state index in [9.17, 15) is 4.79 Å². The lowest BCUT2D eigenvalue weighted by atomic mass is 9.79. The van der Waals surface area contributed by atoms with Crippen LogP contribution < -0.4 is 4.74 Å². The van der Waals surface area contributed by atoms with E-state index < -0.39 is 0 Å². The number of ether oxygens (including phenoxy) is 2. The third kappa shape index (κ3) is 3.26. The molecule has 132 valence electrons. The first-order valence-electron chi connectivity index (χ1n) is 8.71. The molecule has 0 saturated carbocycles. The van der Waals surface area contributed by atoms with E-state index in [1.807, 2.05) is 46.2 Å². The molecule has 1 amide bonds. The second-order valence-electron chi connectivity index (χ2n) is 7.05. The Labute approximate surface area is 147 Å². The third-order valence-corrected chi connectivity index (χ3v) is 5.26. The minimum atomic E-state index is 0.163. The fraction of sp³-hybridized carbons (Fsp3) is 0.474. The maximum absolute atomic E-state index is 12.3. The Balaban J connectivity index is 1.49. The zero-order chi connectivity index (χ0) is 17.3. The average Bonchev–Trinajstić information content (AvgIpc) is 3.29. The Morgan fingerprint density at radius 1 is 1.36 bits per heavy atom. The maximum Gasteiger partial charge on any atom is 0.222 e. The molecule has 3 heterocycles. The van der Waals surface area contributed by atoms with Crippen LogP contribution in [0.15, 0.2) is 36.7 Å². The Kier molecular flexibility index (Phi) is 4.21. The Morgan fingerprint density at radius 3 is 3.08 bits per heavy atom. The fourth-order valence-corrected chi connectivity index (χ4v) is 3.77. The molecule has 0 N–H and O–H groups in total. The SMILES string of the molecule is COc1cccc(-n2cc(CN3C[C@@]4(CCOC4)CCC3=O)cn2)c1. The van der Waals surface area contributed by atoms with Crippen molar-refractivity contribution in [3.05, 3.63) is 42.2 Å². The number of aromatic nitrogens is 2. The van der Waals surface area contributed by atoms with Gasteiger partial charge < -0.3 is 14.4 Å². The van der Waals surface area contributed by atoms with Crippen LogP contribution in [0.4, 0.5) is 0 Å². The highest BCUT2D eigenvalue weighted by molar-refractivity contribution is 5.77. The number of piperidine rings is 1. The maximum atomic E-state index is 12.3. The normalized spacial score (nSPS) is 23.4. The predicted octanol–water partition coefficient (Wildman–Crippen LogP) is 2.41. The van der Waals surface area contributed by atoms with Crippen molar-refractivity contribution in [1.29, 1.82) is 0 Å². The van der Waals surface area contributed by atoms with Crippen LogP contribution in [-0.2, 0) is 16.1 Å². The molecule has 6 heteroatoms. The van der Waals surface area contributed by atoms with Crippen LogP contribution in [0.25, 0.3) is 5.69 Å². The summed E-state index contributed by atoms with van der Waals surface area (Å²) >= 11 is 0. The second kappa shape index (κ2) is 6.52. The summed E-state index contributed by atoms with van der Waals surface area (Å²) in [6.45, 7) is 2.98. The van der Waals surface area contributed by atoms with Gasteiger partial charge in [-0.1, -0.05) is 6.07 Å². The number of hydrogen-bond donors (Lipinski definition) is 0.